The number of para-hydroxylation sites is 1. The monoisotopic (exact) mass is 392 g/mol. The number of rotatable bonds is 5. The number of fused-ring (bicyclic) bond motifs is 1. The maximum atomic E-state index is 12.5. The van der Waals surface area contributed by atoms with Crippen molar-refractivity contribution in [1.82, 2.24) is 15.2 Å². The predicted octanol–water partition coefficient (Wildman–Crippen LogP) is 4.95. The number of amides is 1. The number of aromatic nitrogens is 3. The van der Waals surface area contributed by atoms with Crippen LogP contribution in [0.25, 0.3) is 22.4 Å². The number of hydrogen-bond acceptors (Lipinski definition) is 5. The Balaban J connectivity index is 1.46. The second-order valence-corrected chi connectivity index (χ2v) is 7.98. The molecule has 6 nitrogen and oxygen atoms in total. The first-order chi connectivity index (χ1) is 13.5. The SMILES string of the molecule is Cc1ccc(NC(=O)C(C)Sc2nnc(-c3c[nH]c4ccccc34)o2)c(C)c1. The van der Waals surface area contributed by atoms with Crippen molar-refractivity contribution in [3.8, 4) is 11.5 Å². The molecule has 2 aromatic carbocycles. The van der Waals surface area contributed by atoms with Gasteiger partial charge in [0.05, 0.1) is 10.8 Å². The van der Waals surface area contributed by atoms with Gasteiger partial charge in [-0.2, -0.15) is 0 Å². The number of nitrogens with zero attached hydrogens (tertiary/aromatic N) is 2. The quantitative estimate of drug-likeness (QED) is 0.469. The van der Waals surface area contributed by atoms with Gasteiger partial charge in [0.1, 0.15) is 0 Å². The fraction of sp³-hybridized carbons (Fsp3) is 0.190. The van der Waals surface area contributed by atoms with Crippen LogP contribution < -0.4 is 5.32 Å². The molecule has 0 bridgehead atoms. The van der Waals surface area contributed by atoms with Crippen LogP contribution in [0, 0.1) is 13.8 Å². The maximum absolute atomic E-state index is 12.5. The summed E-state index contributed by atoms with van der Waals surface area (Å²) in [5.74, 6) is 0.325. The summed E-state index contributed by atoms with van der Waals surface area (Å²) in [7, 11) is 0. The van der Waals surface area contributed by atoms with E-state index in [1.807, 2.05) is 69.4 Å². The lowest BCUT2D eigenvalue weighted by atomic mass is 10.1. The van der Waals surface area contributed by atoms with E-state index in [1.54, 1.807) is 0 Å². The average molecular weight is 392 g/mol. The maximum Gasteiger partial charge on any atom is 0.277 e. The van der Waals surface area contributed by atoms with Crippen LogP contribution in [0.3, 0.4) is 0 Å². The number of carbonyl (C=O) groups excluding carboxylic acids is 1. The molecule has 1 atom stereocenters. The first-order valence-electron chi connectivity index (χ1n) is 8.96. The third-order valence-electron chi connectivity index (χ3n) is 4.51. The molecule has 0 saturated carbocycles. The van der Waals surface area contributed by atoms with Gasteiger partial charge in [-0.25, -0.2) is 0 Å². The Bertz CT molecular complexity index is 1150. The van der Waals surface area contributed by atoms with Crippen molar-refractivity contribution in [2.24, 2.45) is 0 Å². The lowest BCUT2D eigenvalue weighted by Crippen LogP contribution is -2.22. The van der Waals surface area contributed by atoms with Crippen LogP contribution >= 0.6 is 11.8 Å². The van der Waals surface area contributed by atoms with E-state index in [1.165, 1.54) is 11.8 Å². The summed E-state index contributed by atoms with van der Waals surface area (Å²) in [5.41, 5.74) is 4.86. The van der Waals surface area contributed by atoms with Gasteiger partial charge in [-0.05, 0) is 38.5 Å². The van der Waals surface area contributed by atoms with Gasteiger partial charge < -0.3 is 14.7 Å². The van der Waals surface area contributed by atoms with Crippen molar-refractivity contribution in [2.45, 2.75) is 31.2 Å². The molecule has 0 aliphatic carbocycles. The van der Waals surface area contributed by atoms with Crippen molar-refractivity contribution >= 4 is 34.3 Å². The van der Waals surface area contributed by atoms with Crippen LogP contribution in [0.2, 0.25) is 0 Å². The number of thioether (sulfide) groups is 1. The van der Waals surface area contributed by atoms with Crippen LogP contribution in [-0.2, 0) is 4.79 Å². The lowest BCUT2D eigenvalue weighted by molar-refractivity contribution is -0.115. The van der Waals surface area contributed by atoms with E-state index < -0.39 is 0 Å². The molecule has 1 unspecified atom stereocenters. The fourth-order valence-corrected chi connectivity index (χ4v) is 3.69. The van der Waals surface area contributed by atoms with Crippen LogP contribution in [-0.4, -0.2) is 26.3 Å². The van der Waals surface area contributed by atoms with Gasteiger partial charge in [0.2, 0.25) is 5.91 Å². The third-order valence-corrected chi connectivity index (χ3v) is 5.45. The minimum Gasteiger partial charge on any atom is -0.411 e. The summed E-state index contributed by atoms with van der Waals surface area (Å²) in [6.07, 6.45) is 1.85. The van der Waals surface area contributed by atoms with Crippen molar-refractivity contribution in [1.29, 1.82) is 0 Å². The summed E-state index contributed by atoms with van der Waals surface area (Å²) in [5, 5.41) is 12.2. The number of aromatic amines is 1. The summed E-state index contributed by atoms with van der Waals surface area (Å²) in [4.78, 5) is 15.7. The molecule has 4 aromatic rings. The summed E-state index contributed by atoms with van der Waals surface area (Å²) in [6, 6.07) is 13.9. The van der Waals surface area contributed by atoms with Gasteiger partial charge >= 0.3 is 0 Å². The third kappa shape index (κ3) is 3.66. The average Bonchev–Trinajstić information content (AvgIpc) is 3.30. The van der Waals surface area contributed by atoms with E-state index in [-0.39, 0.29) is 11.2 Å². The standard InChI is InChI=1S/C21H20N4O2S/c1-12-8-9-17(13(2)10-12)23-19(26)14(3)28-21-25-24-20(27-21)16-11-22-18-7-5-4-6-15(16)18/h4-11,14,22H,1-3H3,(H,23,26). The molecule has 2 heterocycles. The Hall–Kier alpha value is -3.06. The molecule has 0 saturated heterocycles. The number of carbonyl (C=O) groups is 1. The van der Waals surface area contributed by atoms with Gasteiger partial charge in [-0.3, -0.25) is 4.79 Å². The number of nitrogens with one attached hydrogen (secondary N) is 2. The molecule has 0 fully saturated rings. The second kappa shape index (κ2) is 7.52. The highest BCUT2D eigenvalue weighted by atomic mass is 32.2. The molecule has 7 heteroatoms. The predicted molar refractivity (Wildman–Crippen MR) is 111 cm³/mol. The highest BCUT2D eigenvalue weighted by Gasteiger charge is 2.20. The minimum absolute atomic E-state index is 0.108. The van der Waals surface area contributed by atoms with Crippen molar-refractivity contribution in [3.05, 3.63) is 59.8 Å². The van der Waals surface area contributed by atoms with Gasteiger partial charge in [-0.15, -0.1) is 10.2 Å². The smallest absolute Gasteiger partial charge is 0.277 e. The van der Waals surface area contributed by atoms with Crippen LogP contribution in [0.5, 0.6) is 0 Å². The topological polar surface area (TPSA) is 83.8 Å². The number of hydrogen-bond donors (Lipinski definition) is 2. The van der Waals surface area contributed by atoms with E-state index in [9.17, 15) is 4.79 Å². The molecule has 0 radical (unpaired) electrons. The number of H-pyrrole nitrogens is 1. The van der Waals surface area contributed by atoms with Crippen molar-refractivity contribution in [3.63, 3.8) is 0 Å². The Kier molecular flexibility index (Phi) is 4.92. The molecule has 2 aromatic heterocycles. The van der Waals surface area contributed by atoms with E-state index in [0.717, 1.165) is 33.3 Å². The molecule has 0 aliphatic rings. The van der Waals surface area contributed by atoms with E-state index in [2.05, 4.69) is 20.5 Å². The van der Waals surface area contributed by atoms with E-state index >= 15 is 0 Å². The number of anilines is 1. The zero-order valence-corrected chi connectivity index (χ0v) is 16.6. The van der Waals surface area contributed by atoms with Gasteiger partial charge in [0, 0.05) is 22.8 Å². The normalized spacial score (nSPS) is 12.2. The number of benzene rings is 2. The van der Waals surface area contributed by atoms with Crippen molar-refractivity contribution in [2.75, 3.05) is 5.32 Å². The molecule has 28 heavy (non-hydrogen) atoms. The molecule has 2 N–H and O–H groups in total. The summed E-state index contributed by atoms with van der Waals surface area (Å²) >= 11 is 1.24. The highest BCUT2D eigenvalue weighted by Crippen LogP contribution is 2.31. The Morgan fingerprint density at radius 3 is 2.82 bits per heavy atom. The Labute approximate surface area is 166 Å². The Morgan fingerprint density at radius 1 is 1.18 bits per heavy atom. The molecule has 0 spiro atoms. The first-order valence-corrected chi connectivity index (χ1v) is 9.84. The molecular formula is C21H20N4O2S. The largest absolute Gasteiger partial charge is 0.411 e. The molecular weight excluding hydrogens is 372 g/mol. The van der Waals surface area contributed by atoms with Gasteiger partial charge in [0.25, 0.3) is 11.1 Å². The van der Waals surface area contributed by atoms with Gasteiger partial charge in [-0.1, -0.05) is 47.7 Å². The summed E-state index contributed by atoms with van der Waals surface area (Å²) < 4.78 is 5.79. The molecule has 4 rings (SSSR count). The summed E-state index contributed by atoms with van der Waals surface area (Å²) in [6.45, 7) is 5.82. The Morgan fingerprint density at radius 2 is 2.00 bits per heavy atom. The molecule has 1 amide bonds. The van der Waals surface area contributed by atoms with Crippen LogP contribution in [0.1, 0.15) is 18.1 Å². The van der Waals surface area contributed by atoms with Crippen molar-refractivity contribution < 1.29 is 9.21 Å². The first kappa shape index (κ1) is 18.3. The fourth-order valence-electron chi connectivity index (χ4n) is 3.01. The second-order valence-electron chi connectivity index (χ2n) is 6.69. The van der Waals surface area contributed by atoms with Crippen LogP contribution in [0.15, 0.2) is 58.3 Å². The van der Waals surface area contributed by atoms with E-state index in [0.29, 0.717) is 11.1 Å². The highest BCUT2D eigenvalue weighted by molar-refractivity contribution is 8.00. The van der Waals surface area contributed by atoms with E-state index in [4.69, 9.17) is 4.42 Å². The number of aryl methyl sites for hydroxylation is 2. The zero-order chi connectivity index (χ0) is 19.7. The van der Waals surface area contributed by atoms with Gasteiger partial charge in [0.15, 0.2) is 0 Å². The minimum atomic E-state index is -0.378. The van der Waals surface area contributed by atoms with Crippen LogP contribution in [0.4, 0.5) is 5.69 Å². The lowest BCUT2D eigenvalue weighted by Gasteiger charge is -2.12. The molecule has 142 valence electrons. The zero-order valence-electron chi connectivity index (χ0n) is 15.8. The molecule has 0 aliphatic heterocycles.